The van der Waals surface area contributed by atoms with Gasteiger partial charge in [-0.3, -0.25) is 13.5 Å². The molecule has 24 heavy (non-hydrogen) atoms. The van der Waals surface area contributed by atoms with Crippen LogP contribution in [0, 0.1) is 19.8 Å². The predicted molar refractivity (Wildman–Crippen MR) is 97.5 cm³/mol. The quantitative estimate of drug-likeness (QED) is 0.848. The number of hydrogen-bond acceptors (Lipinski definition) is 4. The van der Waals surface area contributed by atoms with Crippen molar-refractivity contribution in [2.75, 3.05) is 6.54 Å². The molecule has 0 saturated carbocycles. The van der Waals surface area contributed by atoms with Crippen LogP contribution in [0.1, 0.15) is 36.9 Å². The fourth-order valence-electron chi connectivity index (χ4n) is 3.21. The molecule has 1 amide bonds. The maximum absolute atomic E-state index is 12.5. The van der Waals surface area contributed by atoms with E-state index in [1.807, 2.05) is 19.9 Å². The summed E-state index contributed by atoms with van der Waals surface area (Å²) >= 11 is 1.26. The Balaban J connectivity index is 1.62. The number of rotatable bonds is 5. The molecule has 3 rings (SSSR count). The summed E-state index contributed by atoms with van der Waals surface area (Å²) in [5, 5.41) is 3.56. The molecule has 5 nitrogen and oxygen atoms in total. The number of hydrogen-bond donors (Lipinski definition) is 1. The second-order valence-corrected chi connectivity index (χ2v) is 7.46. The standard InChI is InChI=1S/C18H23N3O2S/c1-12-10-13(2)20-17-16(12)18(23)21(24-17)11-15(22)19-9-8-14-6-4-3-5-7-14/h4,6,10,14H,3,5,7-9,11H2,1-2H3,(H,19,22). The van der Waals surface area contributed by atoms with Crippen molar-refractivity contribution in [3.63, 3.8) is 0 Å². The molecule has 1 aliphatic rings. The van der Waals surface area contributed by atoms with Gasteiger partial charge in [0.15, 0.2) is 0 Å². The first kappa shape index (κ1) is 16.9. The predicted octanol–water partition coefficient (Wildman–Crippen LogP) is 2.94. The highest BCUT2D eigenvalue weighted by Gasteiger charge is 2.15. The van der Waals surface area contributed by atoms with Gasteiger partial charge >= 0.3 is 0 Å². The average molecular weight is 345 g/mol. The average Bonchev–Trinajstić information content (AvgIpc) is 2.84. The van der Waals surface area contributed by atoms with Crippen LogP contribution in [0.2, 0.25) is 0 Å². The zero-order valence-electron chi connectivity index (χ0n) is 14.2. The van der Waals surface area contributed by atoms with Crippen molar-refractivity contribution in [3.05, 3.63) is 39.8 Å². The van der Waals surface area contributed by atoms with E-state index in [-0.39, 0.29) is 18.0 Å². The Morgan fingerprint density at radius 3 is 3.04 bits per heavy atom. The smallest absolute Gasteiger partial charge is 0.270 e. The van der Waals surface area contributed by atoms with E-state index >= 15 is 0 Å². The van der Waals surface area contributed by atoms with Crippen molar-refractivity contribution in [2.24, 2.45) is 5.92 Å². The van der Waals surface area contributed by atoms with Gasteiger partial charge in [0.1, 0.15) is 11.4 Å². The minimum absolute atomic E-state index is 0.0683. The van der Waals surface area contributed by atoms with Crippen LogP contribution < -0.4 is 10.9 Å². The number of nitrogens with one attached hydrogen (secondary N) is 1. The normalized spacial score (nSPS) is 17.3. The van der Waals surface area contributed by atoms with Crippen molar-refractivity contribution in [3.8, 4) is 0 Å². The molecule has 128 valence electrons. The van der Waals surface area contributed by atoms with E-state index in [1.165, 1.54) is 34.8 Å². The monoisotopic (exact) mass is 345 g/mol. The zero-order chi connectivity index (χ0) is 17.1. The molecule has 0 radical (unpaired) electrons. The SMILES string of the molecule is Cc1cc(C)c2c(=O)n(CC(=O)NCCC3C=CCCC3)sc2n1. The number of allylic oxidation sites excluding steroid dienone is 2. The highest BCUT2D eigenvalue weighted by molar-refractivity contribution is 7.13. The molecule has 2 aromatic heterocycles. The van der Waals surface area contributed by atoms with E-state index in [2.05, 4.69) is 22.5 Å². The molecule has 2 aromatic rings. The molecule has 6 heteroatoms. The van der Waals surface area contributed by atoms with E-state index in [1.54, 1.807) is 0 Å². The Kier molecular flexibility index (Phi) is 5.14. The van der Waals surface area contributed by atoms with Gasteiger partial charge in [0.2, 0.25) is 5.91 Å². The lowest BCUT2D eigenvalue weighted by atomic mass is 9.93. The van der Waals surface area contributed by atoms with Crippen molar-refractivity contribution in [1.82, 2.24) is 14.3 Å². The lowest BCUT2D eigenvalue weighted by Gasteiger charge is -2.16. The first-order valence-corrected chi connectivity index (χ1v) is 9.23. The van der Waals surface area contributed by atoms with Crippen molar-refractivity contribution in [1.29, 1.82) is 0 Å². The zero-order valence-corrected chi connectivity index (χ0v) is 15.0. The van der Waals surface area contributed by atoms with Crippen LogP contribution in [0.3, 0.4) is 0 Å². The van der Waals surface area contributed by atoms with Crippen LogP contribution in [-0.4, -0.2) is 21.4 Å². The van der Waals surface area contributed by atoms with Crippen molar-refractivity contribution in [2.45, 2.75) is 46.1 Å². The van der Waals surface area contributed by atoms with Crippen LogP contribution in [0.4, 0.5) is 0 Å². The minimum Gasteiger partial charge on any atom is -0.354 e. The molecule has 0 saturated heterocycles. The molecule has 0 bridgehead atoms. The number of nitrogens with zero attached hydrogens (tertiary/aromatic N) is 2. The number of amides is 1. The van der Waals surface area contributed by atoms with Gasteiger partial charge in [0.25, 0.3) is 5.56 Å². The minimum atomic E-state index is -0.120. The van der Waals surface area contributed by atoms with E-state index in [0.717, 1.165) is 17.7 Å². The van der Waals surface area contributed by atoms with Gasteiger partial charge in [-0.15, -0.1) is 0 Å². The summed E-state index contributed by atoms with van der Waals surface area (Å²) in [6.45, 7) is 4.54. The van der Waals surface area contributed by atoms with Crippen molar-refractivity contribution >= 4 is 27.7 Å². The number of carbonyl (C=O) groups excluding carboxylic acids is 1. The molecule has 0 spiro atoms. The van der Waals surface area contributed by atoms with Gasteiger partial charge in [0.05, 0.1) is 5.39 Å². The first-order chi connectivity index (χ1) is 11.5. The highest BCUT2D eigenvalue weighted by atomic mass is 32.1. The summed E-state index contributed by atoms with van der Waals surface area (Å²) in [6, 6.07) is 1.90. The van der Waals surface area contributed by atoms with Gasteiger partial charge < -0.3 is 5.32 Å². The largest absolute Gasteiger partial charge is 0.354 e. The Morgan fingerprint density at radius 2 is 2.29 bits per heavy atom. The van der Waals surface area contributed by atoms with Gasteiger partial charge in [-0.25, -0.2) is 4.98 Å². The fraction of sp³-hybridized carbons (Fsp3) is 0.500. The Labute approximate surface area is 145 Å². The van der Waals surface area contributed by atoms with Crippen LogP contribution in [0.15, 0.2) is 23.0 Å². The first-order valence-electron chi connectivity index (χ1n) is 8.46. The fourth-order valence-corrected chi connectivity index (χ4v) is 4.30. The van der Waals surface area contributed by atoms with Crippen LogP contribution in [0.5, 0.6) is 0 Å². The molecular weight excluding hydrogens is 322 g/mol. The van der Waals surface area contributed by atoms with Crippen LogP contribution >= 0.6 is 11.5 Å². The number of pyridine rings is 1. The van der Waals surface area contributed by atoms with Gasteiger partial charge in [-0.1, -0.05) is 12.2 Å². The Hall–Kier alpha value is -1.95. The van der Waals surface area contributed by atoms with E-state index < -0.39 is 0 Å². The second kappa shape index (κ2) is 7.30. The third-order valence-corrected chi connectivity index (χ3v) is 5.41. The summed E-state index contributed by atoms with van der Waals surface area (Å²) in [5.74, 6) is 0.457. The number of aryl methyl sites for hydroxylation is 2. The highest BCUT2D eigenvalue weighted by Crippen LogP contribution is 2.20. The Morgan fingerprint density at radius 1 is 1.46 bits per heavy atom. The maximum atomic E-state index is 12.5. The molecular formula is C18H23N3O2S. The number of aromatic nitrogens is 2. The van der Waals surface area contributed by atoms with Crippen LogP contribution in [0.25, 0.3) is 10.2 Å². The van der Waals surface area contributed by atoms with Gasteiger partial charge in [0, 0.05) is 12.2 Å². The van der Waals surface area contributed by atoms with Crippen molar-refractivity contribution < 1.29 is 4.79 Å². The maximum Gasteiger partial charge on any atom is 0.270 e. The molecule has 1 aliphatic carbocycles. The third-order valence-electron chi connectivity index (χ3n) is 4.43. The second-order valence-electron chi connectivity index (χ2n) is 6.45. The molecule has 1 unspecified atom stereocenters. The third kappa shape index (κ3) is 3.75. The topological polar surface area (TPSA) is 64.0 Å². The molecule has 1 atom stereocenters. The molecule has 0 aliphatic heterocycles. The lowest BCUT2D eigenvalue weighted by molar-refractivity contribution is -0.121. The summed E-state index contributed by atoms with van der Waals surface area (Å²) in [4.78, 5) is 29.7. The summed E-state index contributed by atoms with van der Waals surface area (Å²) in [5.41, 5.74) is 1.69. The van der Waals surface area contributed by atoms with E-state index in [9.17, 15) is 9.59 Å². The number of carbonyl (C=O) groups is 1. The molecule has 2 heterocycles. The summed E-state index contributed by atoms with van der Waals surface area (Å²) in [7, 11) is 0. The molecule has 1 N–H and O–H groups in total. The molecule has 0 aromatic carbocycles. The van der Waals surface area contributed by atoms with E-state index in [4.69, 9.17) is 0 Å². The Bertz CT molecular complexity index is 835. The molecule has 0 fully saturated rings. The van der Waals surface area contributed by atoms with Gasteiger partial charge in [-0.2, -0.15) is 0 Å². The lowest BCUT2D eigenvalue weighted by Crippen LogP contribution is -2.31. The summed E-state index contributed by atoms with van der Waals surface area (Å²) < 4.78 is 1.50. The van der Waals surface area contributed by atoms with Gasteiger partial charge in [-0.05, 0) is 68.6 Å². The number of fused-ring (bicyclic) bond motifs is 1. The summed E-state index contributed by atoms with van der Waals surface area (Å²) in [6.07, 6.45) is 9.05. The van der Waals surface area contributed by atoms with E-state index in [0.29, 0.717) is 22.7 Å². The van der Waals surface area contributed by atoms with Crippen LogP contribution in [-0.2, 0) is 11.3 Å².